The molecule has 1 heterocycles. The van der Waals surface area contributed by atoms with Crippen molar-refractivity contribution < 1.29 is 14.3 Å². The molecule has 4 bridgehead atoms. The van der Waals surface area contributed by atoms with Gasteiger partial charge in [0.2, 0.25) is 5.91 Å². The van der Waals surface area contributed by atoms with E-state index in [-0.39, 0.29) is 11.5 Å². The van der Waals surface area contributed by atoms with E-state index in [9.17, 15) is 9.59 Å². The summed E-state index contributed by atoms with van der Waals surface area (Å²) in [5.41, 5.74) is 1.66. The van der Waals surface area contributed by atoms with Crippen molar-refractivity contribution in [2.45, 2.75) is 69.4 Å². The van der Waals surface area contributed by atoms with Crippen LogP contribution in [0.25, 0.3) is 10.9 Å². The number of nitrogens with one attached hydrogen (secondary N) is 3. The largest absolute Gasteiger partial charge is 0.443 e. The highest BCUT2D eigenvalue weighted by Gasteiger charge is 2.53. The summed E-state index contributed by atoms with van der Waals surface area (Å²) < 4.78 is 6.24. The van der Waals surface area contributed by atoms with Gasteiger partial charge in [-0.05, 0) is 86.8 Å². The minimum atomic E-state index is -1.15. The van der Waals surface area contributed by atoms with Crippen LogP contribution in [0.2, 0.25) is 0 Å². The molecule has 4 aliphatic rings. The molecule has 6 heteroatoms. The molecular formula is C31H37N3O3. The molecule has 4 aliphatic carbocycles. The number of hydrogen-bond donors (Lipinski definition) is 3. The van der Waals surface area contributed by atoms with Crippen LogP contribution in [-0.2, 0) is 22.4 Å². The minimum absolute atomic E-state index is 0.198. The van der Waals surface area contributed by atoms with Crippen molar-refractivity contribution in [2.24, 2.45) is 17.8 Å². The van der Waals surface area contributed by atoms with E-state index in [1.807, 2.05) is 55.6 Å². The number of aromatic amines is 1. The normalized spacial score (nSPS) is 27.5. The first-order chi connectivity index (χ1) is 17.9. The Morgan fingerprint density at radius 1 is 0.973 bits per heavy atom. The molecule has 6 nitrogen and oxygen atoms in total. The van der Waals surface area contributed by atoms with Gasteiger partial charge in [-0.25, -0.2) is 4.79 Å². The van der Waals surface area contributed by atoms with Crippen molar-refractivity contribution in [1.82, 2.24) is 15.6 Å². The third-order valence-electron chi connectivity index (χ3n) is 8.93. The zero-order chi connectivity index (χ0) is 25.5. The molecule has 1 atom stereocenters. The lowest BCUT2D eigenvalue weighted by molar-refractivity contribution is -0.133. The van der Waals surface area contributed by atoms with E-state index in [1.54, 1.807) is 0 Å². The molecule has 7 rings (SSSR count). The first kappa shape index (κ1) is 24.1. The lowest BCUT2D eigenvalue weighted by atomic mass is 9.54. The third-order valence-corrected chi connectivity index (χ3v) is 8.93. The number of fused-ring (bicyclic) bond motifs is 1. The summed E-state index contributed by atoms with van der Waals surface area (Å²) in [5, 5.41) is 7.17. The van der Waals surface area contributed by atoms with Gasteiger partial charge in [-0.1, -0.05) is 48.5 Å². The fraction of sp³-hybridized carbons (Fsp3) is 0.484. The van der Waals surface area contributed by atoms with Crippen molar-refractivity contribution >= 4 is 22.9 Å². The summed E-state index contributed by atoms with van der Waals surface area (Å²) in [5.74, 6) is 1.84. The molecule has 194 valence electrons. The molecule has 37 heavy (non-hydrogen) atoms. The molecule has 3 N–H and O–H groups in total. The molecule has 0 spiro atoms. The van der Waals surface area contributed by atoms with E-state index in [2.05, 4.69) is 27.8 Å². The van der Waals surface area contributed by atoms with E-state index in [0.717, 1.165) is 47.7 Å². The molecular weight excluding hydrogens is 462 g/mol. The van der Waals surface area contributed by atoms with Crippen LogP contribution < -0.4 is 10.6 Å². The lowest BCUT2D eigenvalue weighted by Crippen LogP contribution is -2.60. The Balaban J connectivity index is 1.19. The molecule has 3 aromatic rings. The number of amides is 2. The van der Waals surface area contributed by atoms with Crippen molar-refractivity contribution in [3.8, 4) is 0 Å². The van der Waals surface area contributed by atoms with E-state index in [0.29, 0.717) is 30.7 Å². The number of para-hydroxylation sites is 1. The average Bonchev–Trinajstić information content (AvgIpc) is 3.25. The summed E-state index contributed by atoms with van der Waals surface area (Å²) in [6.07, 6.45) is 9.32. The van der Waals surface area contributed by atoms with Crippen molar-refractivity contribution in [3.63, 3.8) is 0 Å². The number of carbonyl (C=O) groups excluding carboxylic acids is 2. The molecule has 0 aliphatic heterocycles. The molecule has 0 unspecified atom stereocenters. The Morgan fingerprint density at radius 2 is 1.62 bits per heavy atom. The van der Waals surface area contributed by atoms with Crippen LogP contribution in [0, 0.1) is 17.8 Å². The van der Waals surface area contributed by atoms with Crippen LogP contribution in [0.5, 0.6) is 0 Å². The minimum Gasteiger partial charge on any atom is -0.443 e. The SMILES string of the molecule is C[C@@](Cc1c[nH]c2ccccc12)(NC(=O)OC12CC3CC(CC(C3)C1)C2)C(=O)NCCc1ccccc1. The van der Waals surface area contributed by atoms with E-state index < -0.39 is 11.6 Å². The maximum absolute atomic E-state index is 13.6. The fourth-order valence-corrected chi connectivity index (χ4v) is 7.60. The maximum Gasteiger partial charge on any atom is 0.408 e. The topological polar surface area (TPSA) is 83.2 Å². The van der Waals surface area contributed by atoms with Gasteiger partial charge in [-0.2, -0.15) is 0 Å². The summed E-state index contributed by atoms with van der Waals surface area (Å²) in [6, 6.07) is 18.1. The average molecular weight is 500 g/mol. The first-order valence-electron chi connectivity index (χ1n) is 13.8. The van der Waals surface area contributed by atoms with Gasteiger partial charge in [-0.3, -0.25) is 4.79 Å². The lowest BCUT2D eigenvalue weighted by Gasteiger charge is -2.55. The number of ether oxygens (including phenoxy) is 1. The van der Waals surface area contributed by atoms with E-state index >= 15 is 0 Å². The Bertz CT molecular complexity index is 1250. The van der Waals surface area contributed by atoms with Gasteiger partial charge < -0.3 is 20.4 Å². The number of H-pyrrole nitrogens is 1. The molecule has 2 amide bonds. The number of aromatic nitrogens is 1. The predicted octanol–water partition coefficient (Wildman–Crippen LogP) is 5.52. The zero-order valence-corrected chi connectivity index (χ0v) is 21.6. The number of benzene rings is 2. The molecule has 4 fully saturated rings. The second-order valence-electron chi connectivity index (χ2n) is 12.0. The Kier molecular flexibility index (Phi) is 6.21. The maximum atomic E-state index is 13.6. The van der Waals surface area contributed by atoms with Crippen LogP contribution >= 0.6 is 0 Å². The molecule has 0 radical (unpaired) electrons. The smallest absolute Gasteiger partial charge is 0.408 e. The standard InChI is InChI=1S/C31H37N3O3/c1-30(19-25-20-33-27-10-6-5-9-26(25)27,28(35)32-12-11-21-7-3-2-4-8-21)34-29(36)37-31-16-22-13-23(17-31)15-24(14-22)18-31/h2-10,20,22-24,33H,11-19H2,1H3,(H,32,35)(H,34,36)/t22?,23?,24?,30-,31?/m0/s1. The second-order valence-corrected chi connectivity index (χ2v) is 12.0. The molecule has 2 aromatic carbocycles. The Labute approximate surface area is 218 Å². The summed E-state index contributed by atoms with van der Waals surface area (Å²) in [4.78, 5) is 30.3. The second kappa shape index (κ2) is 9.55. The van der Waals surface area contributed by atoms with Crippen molar-refractivity contribution in [2.75, 3.05) is 6.54 Å². The summed E-state index contributed by atoms with van der Waals surface area (Å²) >= 11 is 0. The third kappa shape index (κ3) is 4.98. The van der Waals surface area contributed by atoms with Crippen molar-refractivity contribution in [1.29, 1.82) is 0 Å². The summed E-state index contributed by atoms with van der Waals surface area (Å²) in [6.45, 7) is 2.31. The number of alkyl carbamates (subject to hydrolysis) is 1. The Hall–Kier alpha value is -3.28. The van der Waals surface area contributed by atoms with Gasteiger partial charge in [0, 0.05) is 30.1 Å². The molecule has 4 saturated carbocycles. The van der Waals surface area contributed by atoms with Gasteiger partial charge in [-0.15, -0.1) is 0 Å². The van der Waals surface area contributed by atoms with E-state index in [4.69, 9.17) is 4.74 Å². The predicted molar refractivity (Wildman–Crippen MR) is 144 cm³/mol. The van der Waals surface area contributed by atoms with Crippen LogP contribution in [-0.4, -0.2) is 34.7 Å². The van der Waals surface area contributed by atoms with Crippen molar-refractivity contribution in [3.05, 3.63) is 71.9 Å². The van der Waals surface area contributed by atoms with Crippen LogP contribution in [0.3, 0.4) is 0 Å². The fourth-order valence-electron chi connectivity index (χ4n) is 7.60. The Morgan fingerprint density at radius 3 is 2.32 bits per heavy atom. The number of rotatable bonds is 8. The monoisotopic (exact) mass is 499 g/mol. The zero-order valence-electron chi connectivity index (χ0n) is 21.6. The van der Waals surface area contributed by atoms with Gasteiger partial charge in [0.25, 0.3) is 0 Å². The highest BCUT2D eigenvalue weighted by molar-refractivity contribution is 5.91. The van der Waals surface area contributed by atoms with Crippen LogP contribution in [0.1, 0.15) is 56.6 Å². The van der Waals surface area contributed by atoms with E-state index in [1.165, 1.54) is 19.3 Å². The van der Waals surface area contributed by atoms with Gasteiger partial charge in [0.15, 0.2) is 0 Å². The molecule has 0 saturated heterocycles. The van der Waals surface area contributed by atoms with Gasteiger partial charge in [0.05, 0.1) is 0 Å². The summed E-state index contributed by atoms with van der Waals surface area (Å²) in [7, 11) is 0. The number of carbonyl (C=O) groups is 2. The van der Waals surface area contributed by atoms with Gasteiger partial charge >= 0.3 is 6.09 Å². The number of hydrogen-bond acceptors (Lipinski definition) is 3. The highest BCUT2D eigenvalue weighted by atomic mass is 16.6. The van der Waals surface area contributed by atoms with Crippen LogP contribution in [0.15, 0.2) is 60.8 Å². The highest BCUT2D eigenvalue weighted by Crippen LogP contribution is 2.57. The van der Waals surface area contributed by atoms with Gasteiger partial charge in [0.1, 0.15) is 11.1 Å². The molecule has 1 aromatic heterocycles. The quantitative estimate of drug-likeness (QED) is 0.381. The van der Waals surface area contributed by atoms with Crippen LogP contribution in [0.4, 0.5) is 4.79 Å². The first-order valence-corrected chi connectivity index (χ1v) is 13.8.